The number of carbonyl (C=O) groups is 4. The summed E-state index contributed by atoms with van der Waals surface area (Å²) in [6, 6.07) is 23.9. The number of aromatic nitrogens is 6. The fraction of sp³-hybridized carbons (Fsp3) is 0.302. The number of H-pyrrole nitrogens is 2. The van der Waals surface area contributed by atoms with E-state index in [1.165, 1.54) is 7.11 Å². The molecule has 0 radical (unpaired) electrons. The Morgan fingerprint density at radius 2 is 1.11 bits per heavy atom. The molecule has 7 aromatic rings. The van der Waals surface area contributed by atoms with Gasteiger partial charge in [-0.1, -0.05) is 60.7 Å². The summed E-state index contributed by atoms with van der Waals surface area (Å²) in [6.07, 6.45) is 7.66. The number of aromatic amines is 2. The van der Waals surface area contributed by atoms with Gasteiger partial charge in [0.05, 0.1) is 76.2 Å². The van der Waals surface area contributed by atoms with E-state index in [4.69, 9.17) is 24.7 Å². The van der Waals surface area contributed by atoms with Crippen LogP contribution >= 0.6 is 22.7 Å². The summed E-state index contributed by atoms with van der Waals surface area (Å²) < 4.78 is 10.2. The number of rotatable bonds is 8. The zero-order valence-corrected chi connectivity index (χ0v) is 35.7. The van der Waals surface area contributed by atoms with E-state index >= 15 is 0 Å². The molecule has 2 fully saturated rings. The van der Waals surface area contributed by atoms with Crippen LogP contribution in [0.15, 0.2) is 85.2 Å². The molecule has 318 valence electrons. The highest BCUT2D eigenvalue weighted by atomic mass is 32.1. The predicted molar refractivity (Wildman–Crippen MR) is 235 cm³/mol. The van der Waals surface area contributed by atoms with Gasteiger partial charge < -0.3 is 40.7 Å². The first kappa shape index (κ1) is 44.1. The van der Waals surface area contributed by atoms with Crippen LogP contribution in [-0.2, 0) is 36.7 Å². The van der Waals surface area contributed by atoms with Crippen LogP contribution in [0.1, 0.15) is 60.5 Å². The van der Waals surface area contributed by atoms with Crippen molar-refractivity contribution in [3.05, 3.63) is 108 Å². The first-order valence-corrected chi connectivity index (χ1v) is 21.2. The number of primary amides is 2. The molecule has 6 heterocycles. The van der Waals surface area contributed by atoms with Gasteiger partial charge in [0.25, 0.3) is 0 Å². The Hall–Kier alpha value is -6.50. The monoisotopic (exact) mass is 864 g/mol. The third-order valence-corrected chi connectivity index (χ3v) is 12.0. The molecule has 4 aromatic heterocycles. The Labute approximate surface area is 360 Å². The average Bonchev–Trinajstić information content (AvgIpc) is 4.12. The van der Waals surface area contributed by atoms with Gasteiger partial charge in [0.15, 0.2) is 0 Å². The zero-order chi connectivity index (χ0) is 43.3. The molecule has 18 heteroatoms. The van der Waals surface area contributed by atoms with Gasteiger partial charge in [-0.3, -0.25) is 14.4 Å². The van der Waals surface area contributed by atoms with Crippen LogP contribution < -0.4 is 11.5 Å². The van der Waals surface area contributed by atoms with Crippen molar-refractivity contribution in [3.8, 4) is 21.4 Å². The highest BCUT2D eigenvalue weighted by Gasteiger charge is 2.33. The summed E-state index contributed by atoms with van der Waals surface area (Å²) >= 11 is 3.21. The van der Waals surface area contributed by atoms with E-state index in [-0.39, 0.29) is 30.3 Å². The highest BCUT2D eigenvalue weighted by molar-refractivity contribution is 7.23. The van der Waals surface area contributed by atoms with Crippen LogP contribution in [0.2, 0.25) is 0 Å². The van der Waals surface area contributed by atoms with E-state index in [2.05, 4.69) is 43.0 Å². The molecule has 0 aliphatic carbocycles. The molecule has 0 saturated carbocycles. The topological polar surface area (TPSA) is 228 Å². The molecule has 0 spiro atoms. The third kappa shape index (κ3) is 11.0. The molecule has 0 bridgehead atoms. The minimum Gasteiger partial charge on any atom is -0.453 e. The number of benzene rings is 3. The molecule has 61 heavy (non-hydrogen) atoms. The number of fused-ring (bicyclic) bond motifs is 2. The molecule has 2 unspecified atom stereocenters. The van der Waals surface area contributed by atoms with Crippen molar-refractivity contribution in [2.75, 3.05) is 34.4 Å². The maximum absolute atomic E-state index is 13.2. The molecule has 2 aliphatic rings. The van der Waals surface area contributed by atoms with Gasteiger partial charge in [0, 0.05) is 27.3 Å². The van der Waals surface area contributed by atoms with E-state index in [0.717, 1.165) is 103 Å². The van der Waals surface area contributed by atoms with Crippen LogP contribution in [0.3, 0.4) is 0 Å². The van der Waals surface area contributed by atoms with Crippen LogP contribution in [0, 0.1) is 0 Å². The maximum Gasteiger partial charge on any atom is 0.404 e. The van der Waals surface area contributed by atoms with Crippen molar-refractivity contribution in [3.63, 3.8) is 0 Å². The van der Waals surface area contributed by atoms with Crippen LogP contribution in [0.25, 0.3) is 41.8 Å². The summed E-state index contributed by atoms with van der Waals surface area (Å²) in [5.41, 5.74) is 14.2. The van der Waals surface area contributed by atoms with Crippen molar-refractivity contribution in [2.45, 2.75) is 50.6 Å². The summed E-state index contributed by atoms with van der Waals surface area (Å²) in [4.78, 5) is 74.6. The van der Waals surface area contributed by atoms with Gasteiger partial charge in [0.1, 0.15) is 21.7 Å². The number of carbonyl (C=O) groups excluding carboxylic acids is 4. The Bertz CT molecular complexity index is 2330. The second-order valence-corrected chi connectivity index (χ2v) is 16.1. The maximum atomic E-state index is 13.2. The molecule has 2 saturated heterocycles. The molecule has 2 aliphatic heterocycles. The van der Waals surface area contributed by atoms with Gasteiger partial charge in [0.2, 0.25) is 18.2 Å². The molecular weight excluding hydrogens is 817 g/mol. The number of nitrogens with zero attached hydrogens (tertiary/aromatic N) is 6. The Morgan fingerprint density at radius 3 is 1.48 bits per heavy atom. The quantitative estimate of drug-likeness (QED) is 0.120. The van der Waals surface area contributed by atoms with E-state index in [1.54, 1.807) is 36.9 Å². The van der Waals surface area contributed by atoms with Crippen molar-refractivity contribution >= 4 is 67.4 Å². The van der Waals surface area contributed by atoms with Crippen LogP contribution in [0.4, 0.5) is 4.79 Å². The number of likely N-dealkylation sites (tertiary alicyclic amines) is 2. The molecule has 4 amide bonds. The normalized spacial score (nSPS) is 15.6. The van der Waals surface area contributed by atoms with E-state index in [1.807, 2.05) is 82.9 Å². The van der Waals surface area contributed by atoms with E-state index < -0.39 is 6.09 Å². The van der Waals surface area contributed by atoms with Crippen molar-refractivity contribution in [1.82, 2.24) is 39.7 Å². The van der Waals surface area contributed by atoms with E-state index in [9.17, 15) is 14.4 Å². The average molecular weight is 865 g/mol. The summed E-state index contributed by atoms with van der Waals surface area (Å²) in [7, 11) is 4.47. The van der Waals surface area contributed by atoms with Crippen molar-refractivity contribution < 1.29 is 28.7 Å². The lowest BCUT2D eigenvalue weighted by Crippen LogP contribution is -2.32. The number of amides is 4. The van der Waals surface area contributed by atoms with Gasteiger partial charge in [-0.15, -0.1) is 22.7 Å². The first-order valence-electron chi connectivity index (χ1n) is 19.5. The van der Waals surface area contributed by atoms with Gasteiger partial charge in [-0.2, -0.15) is 0 Å². The van der Waals surface area contributed by atoms with Gasteiger partial charge in [-0.05, 0) is 48.9 Å². The Morgan fingerprint density at radius 1 is 0.738 bits per heavy atom. The number of imidazole rings is 2. The fourth-order valence-corrected chi connectivity index (χ4v) is 9.14. The van der Waals surface area contributed by atoms with Crippen molar-refractivity contribution in [2.24, 2.45) is 11.5 Å². The van der Waals surface area contributed by atoms with E-state index in [0.29, 0.717) is 12.8 Å². The minimum atomic E-state index is -0.745. The molecule has 9 rings (SSSR count). The van der Waals surface area contributed by atoms with Crippen LogP contribution in [0.5, 0.6) is 0 Å². The summed E-state index contributed by atoms with van der Waals surface area (Å²) in [5, 5.41) is 1.72. The van der Waals surface area contributed by atoms with Gasteiger partial charge >= 0.3 is 6.09 Å². The standard InChI is InChI=1S/C38H34N8O2S2.C2H5NO2.C2H6O.CH3NO/c47-33(17-23-9-3-1-4-10-23)45-15-7-13-29(45)35-39-21-27(41-35)37-43-25-19-32-26(20-31(25)49-37)44-38(50-32)28-22-40-36(42-28)30-14-8-16-46(30)34(48)18-24-11-5-2-6-12-24;1-5-2(3)4;1-3-2;2-1-3/h1-6,9-12,19-22,29-30H,7-8,13-18H2,(H,39,41)(H,40,42);1H3,(H2,3,4);1-2H3;1H,(H2,2,3). The minimum absolute atomic E-state index is 0.0585. The number of thiazole rings is 2. The molecule has 2 atom stereocenters. The fourth-order valence-electron chi connectivity index (χ4n) is 7.25. The molecule has 3 aromatic carbocycles. The number of hydrogen-bond donors (Lipinski definition) is 4. The number of ether oxygens (including phenoxy) is 2. The smallest absolute Gasteiger partial charge is 0.404 e. The predicted octanol–water partition coefficient (Wildman–Crippen LogP) is 6.57. The SMILES string of the molecule is COC.COC(N)=O.NC=O.O=C(Cc1ccccc1)N1CCCC1c1ncc(-c2nc3cc4sc(-c5cnc(C6CCCN6C(=O)Cc6ccccc6)[nH]5)nc4cc3s2)[nH]1. The highest BCUT2D eigenvalue weighted by Crippen LogP contribution is 2.38. The lowest BCUT2D eigenvalue weighted by atomic mass is 10.1. The number of hydrogen-bond acceptors (Lipinski definition) is 12. The van der Waals surface area contributed by atoms with Crippen LogP contribution in [-0.4, -0.2) is 98.4 Å². The summed E-state index contributed by atoms with van der Waals surface area (Å²) in [6.45, 7) is 1.49. The Kier molecular flexibility index (Phi) is 15.3. The number of nitrogens with one attached hydrogen (secondary N) is 2. The Balaban J connectivity index is 0.000000510. The number of nitrogens with two attached hydrogens (primary N) is 2. The number of methoxy groups -OCH3 is 2. The molecular formula is C43H48N10O6S2. The second kappa shape index (κ2) is 21.1. The lowest BCUT2D eigenvalue weighted by Gasteiger charge is -2.23. The second-order valence-electron chi connectivity index (χ2n) is 14.1. The van der Waals surface area contributed by atoms with Gasteiger partial charge in [-0.25, -0.2) is 24.7 Å². The largest absolute Gasteiger partial charge is 0.453 e. The summed E-state index contributed by atoms with van der Waals surface area (Å²) in [5.74, 6) is 1.88. The molecule has 6 N–H and O–H groups in total. The molecule has 16 nitrogen and oxygen atoms in total. The third-order valence-electron chi connectivity index (χ3n) is 9.92. The van der Waals surface area contributed by atoms with Crippen molar-refractivity contribution in [1.29, 1.82) is 0 Å². The first-order chi connectivity index (χ1) is 29.7. The zero-order valence-electron chi connectivity index (χ0n) is 34.1. The lowest BCUT2D eigenvalue weighted by molar-refractivity contribution is -0.132.